The van der Waals surface area contributed by atoms with Gasteiger partial charge in [-0.2, -0.15) is 0 Å². The van der Waals surface area contributed by atoms with Crippen molar-refractivity contribution in [3.05, 3.63) is 71.5 Å². The first kappa shape index (κ1) is 22.9. The Morgan fingerprint density at radius 2 is 1.91 bits per heavy atom. The summed E-state index contributed by atoms with van der Waals surface area (Å²) in [6.07, 6.45) is 2.82. The number of hydrogen-bond acceptors (Lipinski definition) is 7. The molecular weight excluding hydrogens is 440 g/mol. The molecule has 1 aliphatic heterocycles. The summed E-state index contributed by atoms with van der Waals surface area (Å²) < 4.78 is 29.3. The van der Waals surface area contributed by atoms with Crippen LogP contribution in [0, 0.1) is 6.92 Å². The first-order valence-corrected chi connectivity index (χ1v) is 12.5. The van der Waals surface area contributed by atoms with Gasteiger partial charge in [0.05, 0.1) is 36.0 Å². The maximum atomic E-state index is 12.6. The van der Waals surface area contributed by atoms with E-state index >= 15 is 0 Å². The van der Waals surface area contributed by atoms with Crippen molar-refractivity contribution < 1.29 is 17.9 Å². The van der Waals surface area contributed by atoms with E-state index in [1.807, 2.05) is 30.3 Å². The molecule has 3 heterocycles. The van der Waals surface area contributed by atoms with E-state index in [1.165, 1.54) is 6.07 Å². The molecule has 3 aromatic rings. The van der Waals surface area contributed by atoms with Crippen molar-refractivity contribution in [1.82, 2.24) is 15.3 Å². The number of hydrogen-bond donors (Lipinski definition) is 1. The van der Waals surface area contributed by atoms with Gasteiger partial charge in [-0.1, -0.05) is 12.1 Å². The molecule has 0 bridgehead atoms. The zero-order valence-corrected chi connectivity index (χ0v) is 19.4. The molecule has 1 amide bonds. The van der Waals surface area contributed by atoms with Gasteiger partial charge in [-0.3, -0.25) is 9.78 Å². The van der Waals surface area contributed by atoms with Gasteiger partial charge in [-0.15, -0.1) is 0 Å². The fourth-order valence-corrected chi connectivity index (χ4v) is 4.69. The van der Waals surface area contributed by atoms with Crippen LogP contribution in [0.1, 0.15) is 21.6 Å². The van der Waals surface area contributed by atoms with Gasteiger partial charge >= 0.3 is 0 Å². The maximum Gasteiger partial charge on any atom is 0.251 e. The fourth-order valence-electron chi connectivity index (χ4n) is 3.70. The molecule has 4 rings (SSSR count). The predicted octanol–water partition coefficient (Wildman–Crippen LogP) is 2.62. The Morgan fingerprint density at radius 3 is 2.67 bits per heavy atom. The lowest BCUT2D eigenvalue weighted by atomic mass is 10.1. The van der Waals surface area contributed by atoms with Crippen LogP contribution in [0.15, 0.2) is 59.6 Å². The minimum absolute atomic E-state index is 0.154. The summed E-state index contributed by atoms with van der Waals surface area (Å²) in [4.78, 5) is 24.1. The van der Waals surface area contributed by atoms with Crippen LogP contribution in [0.3, 0.4) is 0 Å². The van der Waals surface area contributed by atoms with Crippen LogP contribution in [0.2, 0.25) is 0 Å². The van der Waals surface area contributed by atoms with Gasteiger partial charge in [-0.25, -0.2) is 13.4 Å². The van der Waals surface area contributed by atoms with Gasteiger partial charge in [0.25, 0.3) is 5.91 Å². The molecule has 172 valence electrons. The van der Waals surface area contributed by atoms with E-state index in [-0.39, 0.29) is 22.9 Å². The number of aryl methyl sites for hydroxylation is 1. The van der Waals surface area contributed by atoms with E-state index in [0.717, 1.165) is 36.4 Å². The largest absolute Gasteiger partial charge is 0.378 e. The molecule has 1 saturated heterocycles. The smallest absolute Gasteiger partial charge is 0.251 e. The molecule has 0 unspecified atom stereocenters. The Balaban J connectivity index is 1.48. The molecule has 0 aliphatic carbocycles. The number of benzene rings is 1. The van der Waals surface area contributed by atoms with Crippen molar-refractivity contribution in [3.8, 4) is 11.3 Å². The Kier molecular flexibility index (Phi) is 6.71. The molecule has 0 atom stereocenters. The molecule has 1 N–H and O–H groups in total. The molecule has 8 nitrogen and oxygen atoms in total. The van der Waals surface area contributed by atoms with Crippen molar-refractivity contribution in [2.75, 3.05) is 37.5 Å². The minimum Gasteiger partial charge on any atom is -0.378 e. The SMILES string of the molecule is Cc1ccc(C(=O)NCc2cc(-c3cccc(N4CCOCC4)n3)ccn2)cc1S(C)(=O)=O. The summed E-state index contributed by atoms with van der Waals surface area (Å²) >= 11 is 0. The zero-order valence-electron chi connectivity index (χ0n) is 18.6. The highest BCUT2D eigenvalue weighted by atomic mass is 32.2. The molecule has 0 saturated carbocycles. The molecule has 1 aromatic carbocycles. The Morgan fingerprint density at radius 1 is 1.12 bits per heavy atom. The molecule has 1 fully saturated rings. The quantitative estimate of drug-likeness (QED) is 0.596. The van der Waals surface area contributed by atoms with Crippen molar-refractivity contribution in [3.63, 3.8) is 0 Å². The maximum absolute atomic E-state index is 12.6. The number of pyridine rings is 2. The van der Waals surface area contributed by atoms with Crippen LogP contribution in [-0.2, 0) is 21.1 Å². The van der Waals surface area contributed by atoms with E-state index in [1.54, 1.807) is 25.3 Å². The van der Waals surface area contributed by atoms with Crippen molar-refractivity contribution in [2.24, 2.45) is 0 Å². The van der Waals surface area contributed by atoms with Crippen molar-refractivity contribution in [2.45, 2.75) is 18.4 Å². The Labute approximate surface area is 193 Å². The van der Waals surface area contributed by atoms with Crippen LogP contribution in [-0.4, -0.2) is 56.9 Å². The van der Waals surface area contributed by atoms with Crippen molar-refractivity contribution in [1.29, 1.82) is 0 Å². The third kappa shape index (κ3) is 5.55. The first-order valence-electron chi connectivity index (χ1n) is 10.7. The van der Waals surface area contributed by atoms with Crippen LogP contribution in [0.4, 0.5) is 5.82 Å². The van der Waals surface area contributed by atoms with Gasteiger partial charge < -0.3 is 15.0 Å². The standard InChI is InChI=1S/C24H26N4O4S/c1-17-6-7-19(15-22(17)33(2,30)31)24(29)26-16-20-14-18(8-9-25-20)21-4-3-5-23(27-21)28-10-12-32-13-11-28/h3-9,14-15H,10-13,16H2,1-2H3,(H,26,29). The number of ether oxygens (including phenoxy) is 1. The van der Waals surface area contributed by atoms with Gasteiger partial charge in [0.2, 0.25) is 0 Å². The Hall–Kier alpha value is -3.30. The number of anilines is 1. The van der Waals surface area contributed by atoms with Crippen LogP contribution < -0.4 is 10.2 Å². The second kappa shape index (κ2) is 9.68. The number of aromatic nitrogens is 2. The van der Waals surface area contributed by atoms with E-state index in [2.05, 4.69) is 15.2 Å². The van der Waals surface area contributed by atoms with Crippen molar-refractivity contribution >= 4 is 21.6 Å². The number of amides is 1. The van der Waals surface area contributed by atoms with Gasteiger partial charge in [-0.05, 0) is 48.9 Å². The van der Waals surface area contributed by atoms with E-state index in [9.17, 15) is 13.2 Å². The van der Waals surface area contributed by atoms with Gasteiger partial charge in [0.15, 0.2) is 9.84 Å². The number of carbonyl (C=O) groups is 1. The average Bonchev–Trinajstić information content (AvgIpc) is 2.83. The minimum atomic E-state index is -3.41. The average molecular weight is 467 g/mol. The monoisotopic (exact) mass is 466 g/mol. The van der Waals surface area contributed by atoms with Gasteiger partial charge in [0.1, 0.15) is 5.82 Å². The molecule has 9 heteroatoms. The molecule has 1 aliphatic rings. The summed E-state index contributed by atoms with van der Waals surface area (Å²) in [5, 5.41) is 2.82. The normalized spacial score (nSPS) is 14.2. The van der Waals surface area contributed by atoms with Crippen LogP contribution >= 0.6 is 0 Å². The number of carbonyl (C=O) groups excluding carboxylic acids is 1. The lowest BCUT2D eigenvalue weighted by Crippen LogP contribution is -2.36. The predicted molar refractivity (Wildman–Crippen MR) is 126 cm³/mol. The summed E-state index contributed by atoms with van der Waals surface area (Å²) in [6, 6.07) is 14.3. The Bertz CT molecular complexity index is 1270. The van der Waals surface area contributed by atoms with E-state index in [0.29, 0.717) is 24.5 Å². The highest BCUT2D eigenvalue weighted by Crippen LogP contribution is 2.22. The van der Waals surface area contributed by atoms with E-state index in [4.69, 9.17) is 9.72 Å². The van der Waals surface area contributed by atoms with Crippen LogP contribution in [0.5, 0.6) is 0 Å². The second-order valence-corrected chi connectivity index (χ2v) is 9.94. The topological polar surface area (TPSA) is 101 Å². The lowest BCUT2D eigenvalue weighted by molar-refractivity contribution is 0.0950. The molecular formula is C24H26N4O4S. The number of sulfone groups is 1. The number of morpholine rings is 1. The fraction of sp³-hybridized carbons (Fsp3) is 0.292. The number of nitrogens with zero attached hydrogens (tertiary/aromatic N) is 3. The summed E-state index contributed by atoms with van der Waals surface area (Å²) in [5.74, 6) is 0.544. The number of rotatable bonds is 6. The molecule has 0 radical (unpaired) electrons. The summed E-state index contributed by atoms with van der Waals surface area (Å²) in [5.41, 5.74) is 3.30. The lowest BCUT2D eigenvalue weighted by Gasteiger charge is -2.28. The summed E-state index contributed by atoms with van der Waals surface area (Å²) in [7, 11) is -3.41. The third-order valence-corrected chi connectivity index (χ3v) is 6.70. The highest BCUT2D eigenvalue weighted by molar-refractivity contribution is 7.90. The molecule has 33 heavy (non-hydrogen) atoms. The highest BCUT2D eigenvalue weighted by Gasteiger charge is 2.16. The van der Waals surface area contributed by atoms with Gasteiger partial charge in [0, 0.05) is 36.7 Å². The second-order valence-electron chi connectivity index (χ2n) is 7.95. The number of nitrogens with one attached hydrogen (secondary N) is 1. The zero-order chi connectivity index (χ0) is 23.4. The first-order chi connectivity index (χ1) is 15.8. The third-order valence-electron chi connectivity index (χ3n) is 5.46. The van der Waals surface area contributed by atoms with Crippen LogP contribution in [0.25, 0.3) is 11.3 Å². The molecule has 2 aromatic heterocycles. The van der Waals surface area contributed by atoms with E-state index < -0.39 is 9.84 Å². The molecule has 0 spiro atoms. The summed E-state index contributed by atoms with van der Waals surface area (Å²) in [6.45, 7) is 4.91.